The molecule has 0 unspecified atom stereocenters. The van der Waals surface area contributed by atoms with Crippen molar-refractivity contribution in [2.45, 2.75) is 13.8 Å². The second-order valence-electron chi connectivity index (χ2n) is 6.47. The first-order chi connectivity index (χ1) is 13.9. The molecule has 1 heterocycles. The van der Waals surface area contributed by atoms with E-state index in [4.69, 9.17) is 32.9 Å². The topological polar surface area (TPSA) is 45.7 Å². The van der Waals surface area contributed by atoms with Crippen molar-refractivity contribution in [3.8, 4) is 5.75 Å². The third-order valence-corrected chi connectivity index (χ3v) is 6.18. The number of rotatable bonds is 8. The fourth-order valence-corrected chi connectivity index (χ4v) is 4.58. The second kappa shape index (κ2) is 9.76. The summed E-state index contributed by atoms with van der Waals surface area (Å²) in [5, 5.41) is 1.50. The van der Waals surface area contributed by atoms with Crippen LogP contribution >= 0.6 is 34.5 Å². The molecular weight excluding hydrogens is 429 g/mol. The molecule has 0 N–H and O–H groups in total. The molecule has 3 aromatic rings. The van der Waals surface area contributed by atoms with Crippen molar-refractivity contribution in [3.63, 3.8) is 0 Å². The van der Waals surface area contributed by atoms with Crippen LogP contribution in [-0.2, 0) is 0 Å². The molecule has 1 amide bonds. The zero-order valence-corrected chi connectivity index (χ0v) is 18.9. The van der Waals surface area contributed by atoms with Crippen molar-refractivity contribution in [1.82, 2.24) is 9.88 Å². The van der Waals surface area contributed by atoms with Gasteiger partial charge in [-0.1, -0.05) is 48.4 Å². The highest BCUT2D eigenvalue weighted by Gasteiger charge is 2.22. The molecule has 8 heteroatoms. The molecule has 0 atom stereocenters. The van der Waals surface area contributed by atoms with E-state index in [1.165, 1.54) is 11.3 Å². The van der Waals surface area contributed by atoms with E-state index in [0.29, 0.717) is 27.3 Å². The number of thiazole rings is 1. The lowest BCUT2D eigenvalue weighted by molar-refractivity contribution is 0.0984. The molecular formula is C21H23Cl2N3O2S. The minimum Gasteiger partial charge on any atom is -0.497 e. The van der Waals surface area contributed by atoms with Crippen LogP contribution in [0.25, 0.3) is 10.2 Å². The maximum absolute atomic E-state index is 13.4. The van der Waals surface area contributed by atoms with Crippen LogP contribution in [-0.4, -0.2) is 49.1 Å². The summed E-state index contributed by atoms with van der Waals surface area (Å²) in [5.74, 6) is 0.586. The summed E-state index contributed by atoms with van der Waals surface area (Å²) in [6.45, 7) is 7.30. The number of hydrogen-bond acceptors (Lipinski definition) is 5. The fraction of sp³-hybridized carbons (Fsp3) is 0.333. The number of hydrogen-bond donors (Lipinski definition) is 0. The van der Waals surface area contributed by atoms with Gasteiger partial charge in [0, 0.05) is 28.7 Å². The van der Waals surface area contributed by atoms with Crippen LogP contribution in [0.3, 0.4) is 0 Å². The molecule has 0 saturated carbocycles. The molecule has 0 bridgehead atoms. The Labute approximate surface area is 184 Å². The van der Waals surface area contributed by atoms with Crippen LogP contribution in [0.4, 0.5) is 5.13 Å². The first-order valence-corrected chi connectivity index (χ1v) is 11.0. The fourth-order valence-electron chi connectivity index (χ4n) is 3.03. The van der Waals surface area contributed by atoms with E-state index in [1.807, 2.05) is 18.2 Å². The first-order valence-electron chi connectivity index (χ1n) is 9.40. The number of ether oxygens (including phenoxy) is 1. The Bertz CT molecular complexity index is 985. The van der Waals surface area contributed by atoms with E-state index < -0.39 is 0 Å². The maximum atomic E-state index is 13.4. The van der Waals surface area contributed by atoms with Gasteiger partial charge in [-0.15, -0.1) is 0 Å². The number of aromatic nitrogens is 1. The van der Waals surface area contributed by atoms with E-state index in [0.717, 1.165) is 35.6 Å². The molecule has 3 rings (SSSR count). The summed E-state index contributed by atoms with van der Waals surface area (Å²) in [5.41, 5.74) is 1.27. The largest absolute Gasteiger partial charge is 0.497 e. The summed E-state index contributed by atoms with van der Waals surface area (Å²) in [6, 6.07) is 10.6. The highest BCUT2D eigenvalue weighted by molar-refractivity contribution is 7.22. The SMILES string of the molecule is CCN(CC)CCN(C(=O)c1cc(Cl)cc(Cl)c1)c1nc2ccc(OC)cc2s1. The van der Waals surface area contributed by atoms with Gasteiger partial charge >= 0.3 is 0 Å². The van der Waals surface area contributed by atoms with Gasteiger partial charge in [-0.2, -0.15) is 0 Å². The van der Waals surface area contributed by atoms with E-state index in [1.54, 1.807) is 30.2 Å². The number of amides is 1. The first kappa shape index (κ1) is 21.8. The van der Waals surface area contributed by atoms with Crippen molar-refractivity contribution in [1.29, 1.82) is 0 Å². The Balaban J connectivity index is 1.99. The van der Waals surface area contributed by atoms with E-state index in [-0.39, 0.29) is 5.91 Å². The lowest BCUT2D eigenvalue weighted by atomic mass is 10.2. The summed E-state index contributed by atoms with van der Waals surface area (Å²) in [7, 11) is 1.63. The molecule has 0 fully saturated rings. The molecule has 0 saturated heterocycles. The number of benzene rings is 2. The number of carbonyl (C=O) groups is 1. The van der Waals surface area contributed by atoms with Crippen molar-refractivity contribution in [3.05, 3.63) is 52.0 Å². The van der Waals surface area contributed by atoms with Gasteiger partial charge in [0.2, 0.25) is 0 Å². The standard InChI is InChI=1S/C21H23Cl2N3O2S/c1-4-25(5-2)8-9-26(20(27)14-10-15(22)12-16(23)11-14)21-24-18-7-6-17(28-3)13-19(18)29-21/h6-7,10-13H,4-5,8-9H2,1-3H3. The van der Waals surface area contributed by atoms with Gasteiger partial charge in [-0.3, -0.25) is 9.69 Å². The van der Waals surface area contributed by atoms with Gasteiger partial charge in [-0.05, 0) is 49.5 Å². The molecule has 0 aliphatic rings. The van der Waals surface area contributed by atoms with Gasteiger partial charge in [-0.25, -0.2) is 4.98 Å². The van der Waals surface area contributed by atoms with Gasteiger partial charge in [0.1, 0.15) is 5.75 Å². The normalized spacial score (nSPS) is 11.2. The zero-order valence-electron chi connectivity index (χ0n) is 16.6. The predicted molar refractivity (Wildman–Crippen MR) is 122 cm³/mol. The quantitative estimate of drug-likeness (QED) is 0.446. The highest BCUT2D eigenvalue weighted by atomic mass is 35.5. The monoisotopic (exact) mass is 451 g/mol. The number of carbonyl (C=O) groups excluding carboxylic acids is 1. The Morgan fingerprint density at radius 2 is 1.76 bits per heavy atom. The minimum atomic E-state index is -0.174. The number of nitrogens with zero attached hydrogens (tertiary/aromatic N) is 3. The summed E-state index contributed by atoms with van der Waals surface area (Å²) < 4.78 is 6.27. The van der Waals surface area contributed by atoms with Gasteiger partial charge in [0.15, 0.2) is 5.13 Å². The van der Waals surface area contributed by atoms with Crippen LogP contribution in [0.15, 0.2) is 36.4 Å². The smallest absolute Gasteiger partial charge is 0.260 e. The Hall–Kier alpha value is -1.86. The lowest BCUT2D eigenvalue weighted by Gasteiger charge is -2.24. The number of anilines is 1. The predicted octanol–water partition coefficient (Wildman–Crippen LogP) is 5.60. The Morgan fingerprint density at radius 3 is 2.38 bits per heavy atom. The van der Waals surface area contributed by atoms with E-state index in [2.05, 4.69) is 18.7 Å². The van der Waals surface area contributed by atoms with Crippen LogP contribution < -0.4 is 9.64 Å². The molecule has 2 aromatic carbocycles. The van der Waals surface area contributed by atoms with Crippen LogP contribution in [0.2, 0.25) is 10.0 Å². The number of methoxy groups -OCH3 is 1. The Kier molecular flexibility index (Phi) is 7.35. The number of halogens is 2. The molecule has 0 aliphatic heterocycles. The second-order valence-corrected chi connectivity index (χ2v) is 8.35. The molecule has 29 heavy (non-hydrogen) atoms. The highest BCUT2D eigenvalue weighted by Crippen LogP contribution is 2.32. The van der Waals surface area contributed by atoms with E-state index in [9.17, 15) is 4.79 Å². The zero-order chi connectivity index (χ0) is 21.0. The van der Waals surface area contributed by atoms with Crippen molar-refractivity contribution < 1.29 is 9.53 Å². The average Bonchev–Trinajstić information content (AvgIpc) is 3.12. The summed E-state index contributed by atoms with van der Waals surface area (Å²) >= 11 is 13.7. The molecule has 0 radical (unpaired) electrons. The molecule has 0 spiro atoms. The molecule has 1 aromatic heterocycles. The molecule has 0 aliphatic carbocycles. The third-order valence-electron chi connectivity index (χ3n) is 4.70. The molecule has 5 nitrogen and oxygen atoms in total. The van der Waals surface area contributed by atoms with Gasteiger partial charge in [0.05, 0.1) is 17.3 Å². The van der Waals surface area contributed by atoms with Gasteiger partial charge < -0.3 is 9.64 Å². The maximum Gasteiger partial charge on any atom is 0.260 e. The van der Waals surface area contributed by atoms with Crippen LogP contribution in [0.5, 0.6) is 5.75 Å². The number of fused-ring (bicyclic) bond motifs is 1. The summed E-state index contributed by atoms with van der Waals surface area (Å²) in [6.07, 6.45) is 0. The molecule has 154 valence electrons. The van der Waals surface area contributed by atoms with Crippen molar-refractivity contribution >= 4 is 55.8 Å². The van der Waals surface area contributed by atoms with E-state index >= 15 is 0 Å². The van der Waals surface area contributed by atoms with Gasteiger partial charge in [0.25, 0.3) is 5.91 Å². The van der Waals surface area contributed by atoms with Crippen LogP contribution in [0, 0.1) is 0 Å². The third kappa shape index (κ3) is 5.20. The van der Waals surface area contributed by atoms with Crippen molar-refractivity contribution in [2.24, 2.45) is 0 Å². The minimum absolute atomic E-state index is 0.174. The van der Waals surface area contributed by atoms with Crippen molar-refractivity contribution in [2.75, 3.05) is 38.2 Å². The number of likely N-dealkylation sites (N-methyl/N-ethyl adjacent to an activating group) is 1. The van der Waals surface area contributed by atoms with Crippen LogP contribution in [0.1, 0.15) is 24.2 Å². The Morgan fingerprint density at radius 1 is 1.07 bits per heavy atom. The summed E-state index contributed by atoms with van der Waals surface area (Å²) in [4.78, 5) is 22.0. The average molecular weight is 452 g/mol. The lowest BCUT2D eigenvalue weighted by Crippen LogP contribution is -2.38.